The van der Waals surface area contributed by atoms with Gasteiger partial charge in [-0.15, -0.1) is 13.2 Å². The number of Topliss-reactive ketones (excluding diaryl/α,β-unsaturated/α-hetero) is 2. The number of ketones is 2. The molecule has 0 bridgehead atoms. The molecule has 0 aliphatic heterocycles. The van der Waals surface area contributed by atoms with Crippen LogP contribution in [0, 0.1) is 5.92 Å². The van der Waals surface area contributed by atoms with Crippen LogP contribution in [-0.4, -0.2) is 21.8 Å². The maximum atomic E-state index is 12.6. The van der Waals surface area contributed by atoms with Gasteiger partial charge in [0, 0.05) is 28.7 Å². The van der Waals surface area contributed by atoms with Crippen molar-refractivity contribution in [2.45, 2.75) is 13.3 Å². The molecule has 1 atom stereocenters. The Bertz CT molecular complexity index is 695. The van der Waals surface area contributed by atoms with Gasteiger partial charge in [0.2, 0.25) is 0 Å². The molecule has 0 saturated heterocycles. The molecule has 0 fully saturated rings. The van der Waals surface area contributed by atoms with Crippen molar-refractivity contribution >= 4 is 11.6 Å². The average molecular weight is 284 g/mol. The summed E-state index contributed by atoms with van der Waals surface area (Å²) >= 11 is 0. The molecule has 4 heteroatoms. The average Bonchev–Trinajstić information content (AvgIpc) is 2.43. The minimum atomic E-state index is -0.411. The van der Waals surface area contributed by atoms with Gasteiger partial charge < -0.3 is 10.2 Å². The monoisotopic (exact) mass is 284 g/mol. The van der Waals surface area contributed by atoms with Crippen LogP contribution in [0.25, 0.3) is 0 Å². The minimum Gasteiger partial charge on any atom is -0.508 e. The van der Waals surface area contributed by atoms with Crippen molar-refractivity contribution in [2.24, 2.45) is 5.92 Å². The topological polar surface area (TPSA) is 74.6 Å². The molecule has 2 N–H and O–H groups in total. The predicted molar refractivity (Wildman–Crippen MR) is 79.6 cm³/mol. The number of rotatable bonds is 4. The lowest BCUT2D eigenvalue weighted by atomic mass is 9.78. The highest BCUT2D eigenvalue weighted by Crippen LogP contribution is 2.38. The Balaban J connectivity index is 2.77. The van der Waals surface area contributed by atoms with E-state index >= 15 is 0 Å². The number of benzene rings is 1. The summed E-state index contributed by atoms with van der Waals surface area (Å²) in [5.74, 6) is -1.75. The van der Waals surface area contributed by atoms with Gasteiger partial charge in [-0.2, -0.15) is 0 Å². The number of phenolic OH excluding ortho intramolecular Hbond substituents is 2. The number of phenols is 2. The SMILES string of the molecule is C=CCC1=C(C(C)C=C)C(=O)c2cc(O)cc(O)c2C1=O. The fourth-order valence-electron chi connectivity index (χ4n) is 2.53. The molecule has 0 radical (unpaired) electrons. The first-order valence-corrected chi connectivity index (χ1v) is 6.54. The molecule has 1 unspecified atom stereocenters. The Morgan fingerprint density at radius 1 is 1.19 bits per heavy atom. The van der Waals surface area contributed by atoms with E-state index in [1.807, 2.05) is 0 Å². The number of hydrogen-bond donors (Lipinski definition) is 2. The quantitative estimate of drug-likeness (QED) is 0.833. The third-order valence-electron chi connectivity index (χ3n) is 3.58. The molecule has 2 rings (SSSR count). The van der Waals surface area contributed by atoms with Crippen molar-refractivity contribution in [1.29, 1.82) is 0 Å². The van der Waals surface area contributed by atoms with Crippen LogP contribution in [0.2, 0.25) is 0 Å². The van der Waals surface area contributed by atoms with Crippen LogP contribution in [0.5, 0.6) is 11.5 Å². The molecule has 0 spiro atoms. The molecule has 108 valence electrons. The molecule has 0 amide bonds. The van der Waals surface area contributed by atoms with Gasteiger partial charge in [-0.05, 0) is 12.5 Å². The largest absolute Gasteiger partial charge is 0.508 e. The molecule has 1 aliphatic carbocycles. The van der Waals surface area contributed by atoms with E-state index < -0.39 is 11.5 Å². The van der Waals surface area contributed by atoms with Gasteiger partial charge >= 0.3 is 0 Å². The number of carbonyl (C=O) groups excluding carboxylic acids is 2. The summed E-state index contributed by atoms with van der Waals surface area (Å²) in [6.45, 7) is 9.03. The van der Waals surface area contributed by atoms with Gasteiger partial charge in [-0.3, -0.25) is 9.59 Å². The van der Waals surface area contributed by atoms with Crippen LogP contribution < -0.4 is 0 Å². The van der Waals surface area contributed by atoms with E-state index in [9.17, 15) is 19.8 Å². The molecule has 4 nitrogen and oxygen atoms in total. The van der Waals surface area contributed by atoms with E-state index in [1.165, 1.54) is 6.07 Å². The Labute approximate surface area is 122 Å². The maximum Gasteiger partial charge on any atom is 0.194 e. The number of allylic oxidation sites excluding steroid dienone is 4. The van der Waals surface area contributed by atoms with Gasteiger partial charge in [-0.1, -0.05) is 19.1 Å². The van der Waals surface area contributed by atoms with Crippen molar-refractivity contribution in [1.82, 2.24) is 0 Å². The number of hydrogen-bond acceptors (Lipinski definition) is 4. The summed E-state index contributed by atoms with van der Waals surface area (Å²) in [5, 5.41) is 19.4. The highest BCUT2D eigenvalue weighted by atomic mass is 16.3. The Hall–Kier alpha value is -2.62. The summed E-state index contributed by atoms with van der Waals surface area (Å²) in [4.78, 5) is 25.2. The lowest BCUT2D eigenvalue weighted by Crippen LogP contribution is -2.25. The van der Waals surface area contributed by atoms with Crippen molar-refractivity contribution in [2.75, 3.05) is 0 Å². The molecule has 0 aromatic heterocycles. The third-order valence-corrected chi connectivity index (χ3v) is 3.58. The predicted octanol–water partition coefficient (Wildman–Crippen LogP) is 3.17. The van der Waals surface area contributed by atoms with E-state index in [1.54, 1.807) is 19.1 Å². The van der Waals surface area contributed by atoms with Gasteiger partial charge in [-0.25, -0.2) is 0 Å². The Kier molecular flexibility index (Phi) is 3.80. The van der Waals surface area contributed by atoms with E-state index in [-0.39, 0.29) is 35.0 Å². The second-order valence-corrected chi connectivity index (χ2v) is 4.96. The number of fused-ring (bicyclic) bond motifs is 1. The smallest absolute Gasteiger partial charge is 0.194 e. The van der Waals surface area contributed by atoms with Crippen molar-refractivity contribution in [3.8, 4) is 11.5 Å². The van der Waals surface area contributed by atoms with Gasteiger partial charge in [0.1, 0.15) is 11.5 Å². The normalized spacial score (nSPS) is 15.7. The van der Waals surface area contributed by atoms with Crippen molar-refractivity contribution < 1.29 is 19.8 Å². The molecule has 1 aromatic rings. The van der Waals surface area contributed by atoms with E-state index in [0.717, 1.165) is 6.07 Å². The summed E-state index contributed by atoms with van der Waals surface area (Å²) in [6, 6.07) is 2.26. The van der Waals surface area contributed by atoms with Crippen molar-refractivity contribution in [3.05, 3.63) is 59.7 Å². The highest BCUT2D eigenvalue weighted by molar-refractivity contribution is 6.28. The molecule has 21 heavy (non-hydrogen) atoms. The van der Waals surface area contributed by atoms with E-state index in [2.05, 4.69) is 13.2 Å². The molecular weight excluding hydrogens is 268 g/mol. The molecular formula is C17H16O4. The lowest BCUT2D eigenvalue weighted by molar-refractivity contribution is 0.0964. The first-order valence-electron chi connectivity index (χ1n) is 6.54. The van der Waals surface area contributed by atoms with E-state index in [4.69, 9.17) is 0 Å². The fraction of sp³-hybridized carbons (Fsp3) is 0.176. The number of carbonyl (C=O) groups is 2. The second kappa shape index (κ2) is 5.40. The molecule has 0 heterocycles. The van der Waals surface area contributed by atoms with Gasteiger partial charge in [0.15, 0.2) is 11.6 Å². The summed E-state index contributed by atoms with van der Waals surface area (Å²) < 4.78 is 0. The zero-order valence-corrected chi connectivity index (χ0v) is 11.7. The van der Waals surface area contributed by atoms with Crippen LogP contribution in [0.3, 0.4) is 0 Å². The summed E-state index contributed by atoms with van der Waals surface area (Å²) in [5.41, 5.74) is 0.618. The Morgan fingerprint density at radius 3 is 2.43 bits per heavy atom. The maximum absolute atomic E-state index is 12.6. The van der Waals surface area contributed by atoms with Crippen LogP contribution in [0.4, 0.5) is 0 Å². The molecule has 1 aliphatic rings. The zero-order valence-electron chi connectivity index (χ0n) is 11.7. The minimum absolute atomic E-state index is 0.0222. The zero-order chi connectivity index (χ0) is 15.7. The van der Waals surface area contributed by atoms with Crippen LogP contribution in [0.15, 0.2) is 48.6 Å². The van der Waals surface area contributed by atoms with Gasteiger partial charge in [0.25, 0.3) is 0 Å². The first kappa shape index (κ1) is 14.8. The van der Waals surface area contributed by atoms with Crippen LogP contribution in [-0.2, 0) is 0 Å². The third kappa shape index (κ3) is 2.29. The van der Waals surface area contributed by atoms with Crippen LogP contribution in [0.1, 0.15) is 34.1 Å². The lowest BCUT2D eigenvalue weighted by Gasteiger charge is -2.23. The van der Waals surface area contributed by atoms with Crippen LogP contribution >= 0.6 is 0 Å². The summed E-state index contributed by atoms with van der Waals surface area (Å²) in [6.07, 6.45) is 3.36. The van der Waals surface area contributed by atoms with Gasteiger partial charge in [0.05, 0.1) is 5.56 Å². The Morgan fingerprint density at radius 2 is 1.86 bits per heavy atom. The fourth-order valence-corrected chi connectivity index (χ4v) is 2.53. The van der Waals surface area contributed by atoms with Crippen molar-refractivity contribution in [3.63, 3.8) is 0 Å². The standard InChI is InChI=1S/C17H16O4/c1-4-6-11-14(9(3)5-2)17(21)12-7-10(18)8-13(19)15(12)16(11)20/h4-5,7-9,18-19H,1-2,6H2,3H3. The highest BCUT2D eigenvalue weighted by Gasteiger charge is 2.35. The number of aromatic hydroxyl groups is 2. The van der Waals surface area contributed by atoms with E-state index in [0.29, 0.717) is 11.1 Å². The second-order valence-electron chi connectivity index (χ2n) is 4.96. The molecule has 0 saturated carbocycles. The first-order chi connectivity index (χ1) is 9.92. The molecule has 1 aromatic carbocycles. The summed E-state index contributed by atoms with van der Waals surface area (Å²) in [7, 11) is 0.